The Morgan fingerprint density at radius 3 is 2.13 bits per heavy atom. The molecule has 3 aromatic rings. The topological polar surface area (TPSA) is 134 Å². The number of hydrogen-bond acceptors (Lipinski definition) is 6. The smallest absolute Gasteiger partial charge is 0.253 e. The number of nitrogens with two attached hydrogens (primary N) is 1. The SMILES string of the molecule is CCCN(CCC)C(=O)c1cc(C(N)=O)cc(C(=O)NC(Cc2ccc(C(C)C)cc2)C(O)CNCc2cccc(OC)c2)c1. The Morgan fingerprint density at radius 1 is 0.889 bits per heavy atom. The highest BCUT2D eigenvalue weighted by atomic mass is 16.5. The zero-order valence-electron chi connectivity index (χ0n) is 27.1. The van der Waals surface area contributed by atoms with Crippen LogP contribution in [0.25, 0.3) is 0 Å². The number of hydrogen-bond donors (Lipinski definition) is 4. The first-order valence-electron chi connectivity index (χ1n) is 15.7. The number of nitrogens with one attached hydrogen (secondary N) is 2. The second kappa shape index (κ2) is 17.3. The fraction of sp³-hybridized carbons (Fsp3) is 0.417. The summed E-state index contributed by atoms with van der Waals surface area (Å²) in [4.78, 5) is 41.0. The van der Waals surface area contributed by atoms with Crippen LogP contribution in [0.15, 0.2) is 66.7 Å². The maximum Gasteiger partial charge on any atom is 0.253 e. The van der Waals surface area contributed by atoms with E-state index in [1.54, 1.807) is 12.0 Å². The number of aliphatic hydroxyl groups excluding tert-OH is 1. The molecule has 45 heavy (non-hydrogen) atoms. The number of methoxy groups -OCH3 is 1. The van der Waals surface area contributed by atoms with Crippen LogP contribution in [0.5, 0.6) is 5.75 Å². The van der Waals surface area contributed by atoms with E-state index in [-0.39, 0.29) is 29.1 Å². The Hall–Kier alpha value is -4.21. The predicted octanol–water partition coefficient (Wildman–Crippen LogP) is 4.67. The molecule has 242 valence electrons. The molecule has 3 amide bonds. The van der Waals surface area contributed by atoms with Crippen LogP contribution in [-0.2, 0) is 13.0 Å². The van der Waals surface area contributed by atoms with E-state index in [1.165, 1.54) is 23.8 Å². The van der Waals surface area contributed by atoms with E-state index in [0.717, 1.165) is 29.7 Å². The van der Waals surface area contributed by atoms with Crippen molar-refractivity contribution in [2.24, 2.45) is 5.73 Å². The van der Waals surface area contributed by atoms with Crippen LogP contribution in [-0.4, -0.2) is 66.6 Å². The molecule has 0 fully saturated rings. The van der Waals surface area contributed by atoms with Crippen LogP contribution >= 0.6 is 0 Å². The van der Waals surface area contributed by atoms with Gasteiger partial charge in [0.1, 0.15) is 5.75 Å². The van der Waals surface area contributed by atoms with Crippen LogP contribution < -0.4 is 21.1 Å². The summed E-state index contributed by atoms with van der Waals surface area (Å²) < 4.78 is 5.30. The molecule has 0 heterocycles. The Kier molecular flexibility index (Phi) is 13.6. The van der Waals surface area contributed by atoms with Gasteiger partial charge in [-0.15, -0.1) is 0 Å². The van der Waals surface area contributed by atoms with Crippen molar-refractivity contribution in [3.63, 3.8) is 0 Å². The zero-order valence-corrected chi connectivity index (χ0v) is 27.1. The summed E-state index contributed by atoms with van der Waals surface area (Å²) in [6, 6.07) is 19.4. The van der Waals surface area contributed by atoms with E-state index in [2.05, 4.69) is 36.6 Å². The Bertz CT molecular complexity index is 1420. The molecule has 3 aromatic carbocycles. The number of primary amides is 1. The first-order valence-corrected chi connectivity index (χ1v) is 15.7. The average Bonchev–Trinajstić information content (AvgIpc) is 3.04. The summed E-state index contributed by atoms with van der Waals surface area (Å²) in [5.74, 6) is -0.395. The summed E-state index contributed by atoms with van der Waals surface area (Å²) >= 11 is 0. The van der Waals surface area contributed by atoms with Crippen LogP contribution in [0.3, 0.4) is 0 Å². The Balaban J connectivity index is 1.86. The van der Waals surface area contributed by atoms with Crippen molar-refractivity contribution in [3.8, 4) is 5.75 Å². The minimum atomic E-state index is -0.950. The van der Waals surface area contributed by atoms with Gasteiger partial charge in [0.2, 0.25) is 5.91 Å². The van der Waals surface area contributed by atoms with Crippen molar-refractivity contribution >= 4 is 17.7 Å². The standard InChI is InChI=1S/C36H48N4O5/c1-6-15-40(16-7-2)36(44)30-20-28(34(37)42)19-29(21-30)35(43)39-32(18-25-11-13-27(14-12-25)24(3)4)33(41)23-38-22-26-9-8-10-31(17-26)45-5/h8-14,17,19-21,24,32-33,38,41H,6-7,15-16,18,22-23H2,1-5H3,(H2,37,42)(H,39,43). The number of rotatable bonds is 17. The highest BCUT2D eigenvalue weighted by molar-refractivity contribution is 6.04. The van der Waals surface area contributed by atoms with Gasteiger partial charge >= 0.3 is 0 Å². The molecule has 0 aliphatic heterocycles. The number of carbonyl (C=O) groups excluding carboxylic acids is 3. The lowest BCUT2D eigenvalue weighted by atomic mass is 9.96. The molecule has 2 unspecified atom stereocenters. The molecule has 0 aliphatic rings. The first-order chi connectivity index (χ1) is 21.6. The maximum atomic E-state index is 13.7. The van der Waals surface area contributed by atoms with Gasteiger partial charge in [-0.2, -0.15) is 0 Å². The monoisotopic (exact) mass is 616 g/mol. The third-order valence-electron chi connectivity index (χ3n) is 7.70. The Labute approximate surface area is 267 Å². The van der Waals surface area contributed by atoms with Crippen molar-refractivity contribution in [2.75, 3.05) is 26.7 Å². The van der Waals surface area contributed by atoms with E-state index in [1.807, 2.05) is 50.2 Å². The molecule has 0 bridgehead atoms. The lowest BCUT2D eigenvalue weighted by molar-refractivity contribution is 0.0755. The number of aliphatic hydroxyl groups is 1. The predicted molar refractivity (Wildman–Crippen MR) is 178 cm³/mol. The van der Waals surface area contributed by atoms with Gasteiger partial charge in [0.25, 0.3) is 11.8 Å². The molecule has 2 atom stereocenters. The molecule has 5 N–H and O–H groups in total. The molecule has 3 rings (SSSR count). The van der Waals surface area contributed by atoms with Crippen LogP contribution in [0, 0.1) is 0 Å². The van der Waals surface area contributed by atoms with Gasteiger partial charge in [0.15, 0.2) is 0 Å². The molecular weight excluding hydrogens is 568 g/mol. The third kappa shape index (κ3) is 10.4. The average molecular weight is 617 g/mol. The summed E-state index contributed by atoms with van der Waals surface area (Å²) in [6.07, 6.45) is 0.971. The van der Waals surface area contributed by atoms with Crippen molar-refractivity contribution in [2.45, 2.75) is 71.6 Å². The second-order valence-corrected chi connectivity index (χ2v) is 11.7. The van der Waals surface area contributed by atoms with Crippen LogP contribution in [0.2, 0.25) is 0 Å². The molecule has 0 saturated heterocycles. The molecule has 0 spiro atoms. The van der Waals surface area contributed by atoms with E-state index in [9.17, 15) is 19.5 Å². The third-order valence-corrected chi connectivity index (χ3v) is 7.70. The lowest BCUT2D eigenvalue weighted by Gasteiger charge is -2.26. The number of nitrogens with zero attached hydrogens (tertiary/aromatic N) is 1. The highest BCUT2D eigenvalue weighted by Crippen LogP contribution is 2.18. The first kappa shape index (κ1) is 35.3. The fourth-order valence-electron chi connectivity index (χ4n) is 5.18. The van der Waals surface area contributed by atoms with Gasteiger partial charge in [0, 0.05) is 42.9 Å². The summed E-state index contributed by atoms with van der Waals surface area (Å²) in [5.41, 5.74) is 9.16. The summed E-state index contributed by atoms with van der Waals surface area (Å²) in [6.45, 7) is 10.0. The minimum absolute atomic E-state index is 0.0697. The summed E-state index contributed by atoms with van der Waals surface area (Å²) in [7, 11) is 1.61. The summed E-state index contributed by atoms with van der Waals surface area (Å²) in [5, 5.41) is 17.6. The molecule has 0 saturated carbocycles. The largest absolute Gasteiger partial charge is 0.497 e. The van der Waals surface area contributed by atoms with Gasteiger partial charge in [0.05, 0.1) is 19.3 Å². The molecule has 9 heteroatoms. The van der Waals surface area contributed by atoms with Crippen molar-refractivity contribution < 1.29 is 24.2 Å². The van der Waals surface area contributed by atoms with Gasteiger partial charge in [-0.25, -0.2) is 0 Å². The van der Waals surface area contributed by atoms with E-state index in [0.29, 0.717) is 32.0 Å². The van der Waals surface area contributed by atoms with Crippen molar-refractivity contribution in [1.82, 2.24) is 15.5 Å². The number of amides is 3. The highest BCUT2D eigenvalue weighted by Gasteiger charge is 2.25. The second-order valence-electron chi connectivity index (χ2n) is 11.7. The number of benzene rings is 3. The zero-order chi connectivity index (χ0) is 32.9. The van der Waals surface area contributed by atoms with E-state index >= 15 is 0 Å². The lowest BCUT2D eigenvalue weighted by Crippen LogP contribution is -2.48. The van der Waals surface area contributed by atoms with Crippen molar-refractivity contribution in [3.05, 3.63) is 100 Å². The van der Waals surface area contributed by atoms with Crippen LogP contribution in [0.4, 0.5) is 0 Å². The molecule has 0 radical (unpaired) electrons. The van der Waals surface area contributed by atoms with E-state index < -0.39 is 24.0 Å². The van der Waals surface area contributed by atoms with Crippen LogP contribution in [0.1, 0.15) is 94.2 Å². The maximum absolute atomic E-state index is 13.7. The van der Waals surface area contributed by atoms with Gasteiger partial charge < -0.3 is 31.1 Å². The van der Waals surface area contributed by atoms with Crippen molar-refractivity contribution in [1.29, 1.82) is 0 Å². The number of ether oxygens (including phenoxy) is 1. The number of carbonyl (C=O) groups is 3. The Morgan fingerprint density at radius 2 is 1.53 bits per heavy atom. The van der Waals surface area contributed by atoms with E-state index in [4.69, 9.17) is 10.5 Å². The molecular formula is C36H48N4O5. The minimum Gasteiger partial charge on any atom is -0.497 e. The fourth-order valence-corrected chi connectivity index (χ4v) is 5.18. The molecule has 0 aromatic heterocycles. The molecule has 9 nitrogen and oxygen atoms in total. The van der Waals surface area contributed by atoms with Gasteiger partial charge in [-0.3, -0.25) is 14.4 Å². The quantitative estimate of drug-likeness (QED) is 0.174. The molecule has 0 aliphatic carbocycles. The normalized spacial score (nSPS) is 12.4. The van der Waals surface area contributed by atoms with Gasteiger partial charge in [-0.05, 0) is 72.2 Å². The van der Waals surface area contributed by atoms with Gasteiger partial charge in [-0.1, -0.05) is 64.1 Å².